The molecule has 202 valence electrons. The molecule has 1 saturated heterocycles. The molecular weight excluding hydrogens is 591 g/mol. The third-order valence-corrected chi connectivity index (χ3v) is 8.15. The molecule has 2 heterocycles. The Hall–Kier alpha value is -3.65. The van der Waals surface area contributed by atoms with Gasteiger partial charge in [0.1, 0.15) is 11.5 Å². The number of nitrogens with one attached hydrogen (secondary N) is 2. The predicted octanol–water partition coefficient (Wildman–Crippen LogP) is 4.86. The molecule has 0 bridgehead atoms. The smallest absolute Gasteiger partial charge is 0.269 e. The molecule has 2 N–H and O–H groups in total. The highest BCUT2D eigenvalue weighted by atomic mass is 35.5. The molecule has 1 aliphatic heterocycles. The summed E-state index contributed by atoms with van der Waals surface area (Å²) in [5.41, 5.74) is -0.202. The summed E-state index contributed by atoms with van der Waals surface area (Å²) in [5.74, 6) is -0.387. The number of rotatable bonds is 8. The lowest BCUT2D eigenvalue weighted by Gasteiger charge is -2.16. The van der Waals surface area contributed by atoms with Crippen LogP contribution in [0.25, 0.3) is 6.08 Å². The summed E-state index contributed by atoms with van der Waals surface area (Å²) in [6.45, 7) is 1.92. The normalized spacial score (nSPS) is 16.3. The zero-order valence-corrected chi connectivity index (χ0v) is 23.0. The molecule has 1 fully saturated rings. The number of furan rings is 1. The fraction of sp³-hybridized carbons (Fsp3) is 0.125. The minimum atomic E-state index is -4.45. The number of halogens is 2. The van der Waals surface area contributed by atoms with Crippen LogP contribution in [0.2, 0.25) is 10.0 Å². The lowest BCUT2D eigenvalue weighted by atomic mass is 10.1. The van der Waals surface area contributed by atoms with Crippen molar-refractivity contribution in [3.8, 4) is 0 Å². The number of non-ortho nitro benzene ring substituents is 1. The van der Waals surface area contributed by atoms with Crippen LogP contribution in [0.1, 0.15) is 30.0 Å². The number of thioether (sulfide) groups is 1. The maximum absolute atomic E-state index is 13.3. The van der Waals surface area contributed by atoms with Gasteiger partial charge in [-0.05, 0) is 48.2 Å². The average Bonchev–Trinajstić information content (AvgIpc) is 3.48. The van der Waals surface area contributed by atoms with Crippen LogP contribution in [0, 0.1) is 10.1 Å². The molecule has 0 aliphatic carbocycles. The van der Waals surface area contributed by atoms with Gasteiger partial charge in [0.05, 0.1) is 14.7 Å². The van der Waals surface area contributed by atoms with Crippen molar-refractivity contribution in [1.29, 1.82) is 0 Å². The predicted molar refractivity (Wildman–Crippen MR) is 147 cm³/mol. The summed E-state index contributed by atoms with van der Waals surface area (Å²) >= 11 is 13.2. The first-order valence-electron chi connectivity index (χ1n) is 11.1. The summed E-state index contributed by atoms with van der Waals surface area (Å²) < 4.78 is 33.3. The van der Waals surface area contributed by atoms with E-state index in [-0.39, 0.29) is 36.3 Å². The zero-order chi connectivity index (χ0) is 28.3. The lowest BCUT2D eigenvalue weighted by Crippen LogP contribution is -2.35. The van der Waals surface area contributed by atoms with Crippen molar-refractivity contribution in [2.75, 3.05) is 0 Å². The molecule has 2 aromatic carbocycles. The summed E-state index contributed by atoms with van der Waals surface area (Å²) in [4.78, 5) is 40.2. The highest BCUT2D eigenvalue weighted by Gasteiger charge is 2.31. The Kier molecular flexibility index (Phi) is 8.45. The van der Waals surface area contributed by atoms with Crippen LogP contribution in [0.5, 0.6) is 0 Å². The maximum atomic E-state index is 13.3. The Bertz CT molecular complexity index is 1630. The van der Waals surface area contributed by atoms with Gasteiger partial charge in [0.2, 0.25) is 0 Å². The Morgan fingerprint density at radius 3 is 2.54 bits per heavy atom. The van der Waals surface area contributed by atoms with E-state index >= 15 is 0 Å². The van der Waals surface area contributed by atoms with Crippen molar-refractivity contribution in [3.63, 3.8) is 0 Å². The van der Waals surface area contributed by atoms with E-state index in [1.807, 2.05) is 11.6 Å². The van der Waals surface area contributed by atoms with Gasteiger partial charge in [-0.2, -0.15) is 0 Å². The van der Waals surface area contributed by atoms with Gasteiger partial charge in [0.15, 0.2) is 11.2 Å². The van der Waals surface area contributed by atoms with Crippen LogP contribution in [0.15, 0.2) is 73.8 Å². The largest absolute Gasteiger partial charge is 0.462 e. The zero-order valence-electron chi connectivity index (χ0n) is 19.9. The Balaban J connectivity index is 1.65. The first kappa shape index (κ1) is 28.4. The summed E-state index contributed by atoms with van der Waals surface area (Å²) in [7, 11) is -4.45. The first-order valence-corrected chi connectivity index (χ1v) is 14.2. The molecule has 0 unspecified atom stereocenters. The Morgan fingerprint density at radius 1 is 1.21 bits per heavy atom. The molecule has 11 nitrogen and oxygen atoms in total. The van der Waals surface area contributed by atoms with Gasteiger partial charge in [-0.15, -0.1) is 0 Å². The number of aryl methyl sites for hydroxylation is 1. The van der Waals surface area contributed by atoms with E-state index in [0.717, 1.165) is 41.8 Å². The molecule has 2 amide bonds. The van der Waals surface area contributed by atoms with Gasteiger partial charge >= 0.3 is 0 Å². The number of amidine groups is 1. The highest BCUT2D eigenvalue weighted by Crippen LogP contribution is 2.33. The quantitative estimate of drug-likeness (QED) is 0.208. The van der Waals surface area contributed by atoms with Crippen molar-refractivity contribution < 1.29 is 27.3 Å². The number of nitrogens with zero attached hydrogens (tertiary/aromatic N) is 2. The Labute approximate surface area is 236 Å². The van der Waals surface area contributed by atoms with Crippen LogP contribution in [-0.2, 0) is 26.0 Å². The van der Waals surface area contributed by atoms with Crippen molar-refractivity contribution in [1.82, 2.24) is 10.0 Å². The van der Waals surface area contributed by atoms with Gasteiger partial charge in [-0.3, -0.25) is 19.7 Å². The van der Waals surface area contributed by atoms with Crippen LogP contribution in [0.4, 0.5) is 5.69 Å². The molecular formula is C24H18Cl2N4O7S2. The van der Waals surface area contributed by atoms with Gasteiger partial charge in [0, 0.05) is 40.2 Å². The number of hydrogen-bond donors (Lipinski definition) is 2. The van der Waals surface area contributed by atoms with E-state index in [4.69, 9.17) is 27.6 Å². The van der Waals surface area contributed by atoms with E-state index in [9.17, 15) is 28.1 Å². The van der Waals surface area contributed by atoms with Crippen molar-refractivity contribution in [3.05, 3.63) is 96.7 Å². The number of hydrogen-bond acceptors (Lipinski definition) is 9. The maximum Gasteiger partial charge on any atom is 0.269 e. The molecule has 3 aromatic rings. The average molecular weight is 609 g/mol. The molecule has 1 atom stereocenters. The number of nitro groups is 1. The molecule has 0 spiro atoms. The molecule has 1 aliphatic rings. The fourth-order valence-corrected chi connectivity index (χ4v) is 5.71. The molecule has 39 heavy (non-hydrogen) atoms. The highest BCUT2D eigenvalue weighted by molar-refractivity contribution is 8.18. The second-order valence-electron chi connectivity index (χ2n) is 7.95. The van der Waals surface area contributed by atoms with Gasteiger partial charge in [-0.25, -0.2) is 18.1 Å². The van der Waals surface area contributed by atoms with Crippen LogP contribution >= 0.6 is 35.0 Å². The third kappa shape index (κ3) is 6.68. The summed E-state index contributed by atoms with van der Waals surface area (Å²) in [5, 5.41) is 13.7. The minimum absolute atomic E-state index is 0.0208. The molecule has 15 heteroatoms. The molecule has 1 aromatic heterocycles. The number of aliphatic imine (C=N–C) groups is 1. The first-order chi connectivity index (χ1) is 18.5. The third-order valence-electron chi connectivity index (χ3n) is 5.30. The molecule has 0 saturated carbocycles. The van der Waals surface area contributed by atoms with Crippen LogP contribution in [-0.4, -0.2) is 30.3 Å². The summed E-state index contributed by atoms with van der Waals surface area (Å²) in [6, 6.07) is 10.2. The standard InChI is InChI=1S/C24H18Cl2N4O7S2/c1-2-15-6-7-16(37-15)12-20-22(31)28-24(38-20)27-21(18-10-3-13(25)11-19(18)26)23(32)29-39(35,36)17-8-4-14(5-9-17)30(33)34/h3-12,21H,2H2,1H3,(H,29,32)(H,27,28,31)/b20-12-/t21-/m0/s1. The van der Waals surface area contributed by atoms with Crippen LogP contribution in [0.3, 0.4) is 0 Å². The van der Waals surface area contributed by atoms with Crippen LogP contribution < -0.4 is 10.0 Å². The van der Waals surface area contributed by atoms with Gasteiger partial charge in [0.25, 0.3) is 27.5 Å². The van der Waals surface area contributed by atoms with Gasteiger partial charge in [-0.1, -0.05) is 36.2 Å². The molecule has 0 radical (unpaired) electrons. The van der Waals surface area contributed by atoms with Crippen molar-refractivity contribution in [2.45, 2.75) is 24.3 Å². The van der Waals surface area contributed by atoms with Crippen molar-refractivity contribution in [2.24, 2.45) is 4.99 Å². The second kappa shape index (κ2) is 11.6. The fourth-order valence-electron chi connectivity index (χ4n) is 3.38. The van der Waals surface area contributed by atoms with E-state index in [1.165, 1.54) is 24.3 Å². The van der Waals surface area contributed by atoms with E-state index in [1.54, 1.807) is 12.1 Å². The monoisotopic (exact) mass is 608 g/mol. The minimum Gasteiger partial charge on any atom is -0.462 e. The second-order valence-corrected chi connectivity index (χ2v) is 11.5. The van der Waals surface area contributed by atoms with Crippen molar-refractivity contribution >= 4 is 73.7 Å². The number of sulfonamides is 1. The topological polar surface area (TPSA) is 161 Å². The Morgan fingerprint density at radius 2 is 1.92 bits per heavy atom. The van der Waals surface area contributed by atoms with E-state index < -0.39 is 32.8 Å². The lowest BCUT2D eigenvalue weighted by molar-refractivity contribution is -0.384. The van der Waals surface area contributed by atoms with Gasteiger partial charge < -0.3 is 9.73 Å². The summed E-state index contributed by atoms with van der Waals surface area (Å²) in [6.07, 6.45) is 2.20. The van der Waals surface area contributed by atoms with E-state index in [2.05, 4.69) is 10.3 Å². The number of amides is 2. The molecule has 4 rings (SSSR count). The SMILES string of the molecule is CCc1ccc(/C=C2\SC(=N[C@H](C(=O)NS(=O)(=O)c3ccc([N+](=O)[O-])cc3)c3ccc(Cl)cc3Cl)NC2=O)o1. The number of benzene rings is 2. The number of carbonyl (C=O) groups excluding carboxylic acids is 2. The number of carbonyl (C=O) groups is 2. The number of nitro benzene ring substituents is 1. The van der Waals surface area contributed by atoms with E-state index in [0.29, 0.717) is 12.2 Å².